The van der Waals surface area contributed by atoms with E-state index in [2.05, 4.69) is 20.5 Å². The van der Waals surface area contributed by atoms with Crippen LogP contribution in [0.2, 0.25) is 0 Å². The lowest BCUT2D eigenvalue weighted by molar-refractivity contribution is -0.270. The Morgan fingerprint density at radius 1 is 0.787 bits per heavy atom. The third-order valence-corrected chi connectivity index (χ3v) is 6.73. The van der Waals surface area contributed by atoms with Gasteiger partial charge < -0.3 is 32.9 Å². The molecule has 0 bridgehead atoms. The summed E-state index contributed by atoms with van der Waals surface area (Å²) in [6.45, 7) is 4.25. The van der Waals surface area contributed by atoms with Gasteiger partial charge in [0.15, 0.2) is 24.5 Å². The Labute approximate surface area is 267 Å². The molecule has 5 rings (SSSR count). The third-order valence-electron chi connectivity index (χ3n) is 6.73. The summed E-state index contributed by atoms with van der Waals surface area (Å²) in [5.74, 6) is -1.50. The quantitative estimate of drug-likeness (QED) is 0.170. The molecule has 1 aliphatic rings. The molecule has 0 spiro atoms. The van der Waals surface area contributed by atoms with E-state index in [-0.39, 0.29) is 13.2 Å². The fourth-order valence-electron chi connectivity index (χ4n) is 4.82. The Balaban J connectivity index is 1.31. The van der Waals surface area contributed by atoms with Crippen LogP contribution in [0.15, 0.2) is 65.3 Å². The molecule has 4 aromatic rings. The molecule has 0 saturated carbocycles. The topological polar surface area (TPSA) is 193 Å². The van der Waals surface area contributed by atoms with Gasteiger partial charge in [-0.2, -0.15) is 4.98 Å². The highest BCUT2D eigenvalue weighted by molar-refractivity contribution is 5.69. The second-order valence-electron chi connectivity index (χ2n) is 10.4. The molecule has 16 heteroatoms. The van der Waals surface area contributed by atoms with Crippen molar-refractivity contribution in [3.8, 4) is 28.6 Å². The molecule has 5 atom stereocenters. The Morgan fingerprint density at radius 3 is 2.11 bits per heavy atom. The zero-order chi connectivity index (χ0) is 33.5. The van der Waals surface area contributed by atoms with E-state index < -0.39 is 54.5 Å². The van der Waals surface area contributed by atoms with E-state index in [0.717, 1.165) is 26.3 Å². The molecule has 2 aromatic heterocycles. The monoisotopic (exact) mass is 649 g/mol. The normalized spacial score (nSPS) is 20.6. The summed E-state index contributed by atoms with van der Waals surface area (Å²) in [5, 5.41) is 12.3. The molecule has 1 aliphatic heterocycles. The van der Waals surface area contributed by atoms with Crippen LogP contribution >= 0.6 is 0 Å². The van der Waals surface area contributed by atoms with E-state index >= 15 is 0 Å². The number of aromatic nitrogens is 5. The van der Waals surface area contributed by atoms with Gasteiger partial charge in [0.2, 0.25) is 5.82 Å². The third kappa shape index (κ3) is 8.35. The van der Waals surface area contributed by atoms with Crippen LogP contribution in [0.1, 0.15) is 39.6 Å². The van der Waals surface area contributed by atoms with Crippen molar-refractivity contribution in [3.05, 3.63) is 66.5 Å². The molecule has 1 fully saturated rings. The van der Waals surface area contributed by atoms with Crippen molar-refractivity contribution in [2.24, 2.45) is 0 Å². The van der Waals surface area contributed by atoms with Crippen LogP contribution in [0.3, 0.4) is 0 Å². The van der Waals surface area contributed by atoms with E-state index in [1.807, 2.05) is 30.3 Å². The molecule has 0 amide bonds. The first kappa shape index (κ1) is 32.7. The Hall–Kier alpha value is -5.64. The number of ether oxygens (including phenoxy) is 6. The molecule has 0 radical (unpaired) electrons. The molecule has 0 N–H and O–H groups in total. The molecular weight excluding hydrogens is 618 g/mol. The minimum atomic E-state index is -1.34. The summed E-state index contributed by atoms with van der Waals surface area (Å²) >= 11 is 0. The summed E-state index contributed by atoms with van der Waals surface area (Å²) in [6.07, 6.45) is -4.84. The van der Waals surface area contributed by atoms with Gasteiger partial charge in [0.1, 0.15) is 30.8 Å². The molecule has 2 aromatic carbocycles. The maximum absolute atomic E-state index is 12.1. The maximum atomic E-state index is 12.1. The van der Waals surface area contributed by atoms with Crippen molar-refractivity contribution >= 4 is 23.9 Å². The van der Waals surface area contributed by atoms with Crippen LogP contribution in [0.25, 0.3) is 22.8 Å². The van der Waals surface area contributed by atoms with Gasteiger partial charge in [0.25, 0.3) is 5.89 Å². The van der Waals surface area contributed by atoms with Crippen LogP contribution < -0.4 is 4.74 Å². The number of carbonyl (C=O) groups is 4. The Morgan fingerprint density at radius 2 is 1.45 bits per heavy atom. The number of esters is 4. The van der Waals surface area contributed by atoms with Crippen LogP contribution in [-0.2, 0) is 49.5 Å². The lowest BCUT2D eigenvalue weighted by atomic mass is 9.97. The number of rotatable bonds is 11. The second kappa shape index (κ2) is 14.6. The Bertz CT molecular complexity index is 1710. The summed E-state index contributed by atoms with van der Waals surface area (Å²) in [4.78, 5) is 52.2. The molecule has 246 valence electrons. The van der Waals surface area contributed by atoms with Gasteiger partial charge in [0.05, 0.1) is 6.20 Å². The van der Waals surface area contributed by atoms with E-state index in [4.69, 9.17) is 32.9 Å². The molecule has 0 unspecified atom stereocenters. The van der Waals surface area contributed by atoms with Gasteiger partial charge in [-0.1, -0.05) is 40.7 Å². The number of benzene rings is 2. The van der Waals surface area contributed by atoms with E-state index in [1.165, 1.54) is 17.8 Å². The van der Waals surface area contributed by atoms with E-state index in [0.29, 0.717) is 28.7 Å². The van der Waals surface area contributed by atoms with Crippen LogP contribution in [0, 0.1) is 0 Å². The number of hydrogen-bond donors (Lipinski definition) is 0. The average molecular weight is 650 g/mol. The highest BCUT2D eigenvalue weighted by Crippen LogP contribution is 2.34. The number of carbonyl (C=O) groups excluding carboxylic acids is 4. The van der Waals surface area contributed by atoms with E-state index in [1.54, 1.807) is 24.3 Å². The van der Waals surface area contributed by atoms with Gasteiger partial charge in [-0.15, -0.1) is 5.10 Å². The van der Waals surface area contributed by atoms with Crippen LogP contribution in [0.4, 0.5) is 0 Å². The fourth-order valence-corrected chi connectivity index (χ4v) is 4.82. The smallest absolute Gasteiger partial charge is 0.303 e. The SMILES string of the molecule is CC(=O)OC[C@H]1O[C@@H](n2cc(COc3ccc(-c4nc(-c5ccccc5)no4)cc3)nn2)[C@H](OC(C)=O)[C@@H](OC(C)=O)[C@H]1OC(C)=O. The van der Waals surface area contributed by atoms with Crippen molar-refractivity contribution in [2.75, 3.05) is 6.61 Å². The molecule has 3 heterocycles. The van der Waals surface area contributed by atoms with Crippen molar-refractivity contribution in [1.29, 1.82) is 0 Å². The maximum Gasteiger partial charge on any atom is 0.303 e. The largest absolute Gasteiger partial charge is 0.487 e. The first-order valence-electron chi connectivity index (χ1n) is 14.4. The highest BCUT2D eigenvalue weighted by Gasteiger charge is 2.53. The second-order valence-corrected chi connectivity index (χ2v) is 10.4. The first-order valence-corrected chi connectivity index (χ1v) is 14.4. The van der Waals surface area contributed by atoms with Gasteiger partial charge in [0, 0.05) is 38.8 Å². The van der Waals surface area contributed by atoms with Crippen molar-refractivity contribution in [1.82, 2.24) is 25.1 Å². The first-order chi connectivity index (χ1) is 22.6. The molecular formula is C31H31N5O11. The van der Waals surface area contributed by atoms with Crippen molar-refractivity contribution in [3.63, 3.8) is 0 Å². The minimum absolute atomic E-state index is 0.0106. The lowest BCUT2D eigenvalue weighted by Crippen LogP contribution is -2.60. The standard InChI is InChI=1S/C31H31N5O11/c1-17(37)41-16-25-26(43-18(2)38)27(44-19(3)39)28(45-20(4)40)31(46-25)36-14-23(33-35-36)15-42-24-12-10-22(11-13-24)30-32-29(34-47-30)21-8-6-5-7-9-21/h5-14,25-28,31H,15-16H2,1-4H3/t25-,26+,27+,28-,31-/m1/s1. The zero-order valence-corrected chi connectivity index (χ0v) is 25.8. The lowest BCUT2D eigenvalue weighted by Gasteiger charge is -2.44. The molecule has 47 heavy (non-hydrogen) atoms. The summed E-state index contributed by atoms with van der Waals surface area (Å²) in [6, 6.07) is 16.4. The predicted octanol–water partition coefficient (Wildman–Crippen LogP) is 2.83. The van der Waals surface area contributed by atoms with Crippen molar-refractivity contribution < 1.29 is 52.1 Å². The minimum Gasteiger partial charge on any atom is -0.487 e. The van der Waals surface area contributed by atoms with Gasteiger partial charge in [-0.3, -0.25) is 19.2 Å². The van der Waals surface area contributed by atoms with Crippen molar-refractivity contribution in [2.45, 2.75) is 64.9 Å². The van der Waals surface area contributed by atoms with Crippen LogP contribution in [-0.4, -0.2) is 80.0 Å². The highest BCUT2D eigenvalue weighted by atomic mass is 16.7. The zero-order valence-electron chi connectivity index (χ0n) is 25.8. The predicted molar refractivity (Wildman–Crippen MR) is 157 cm³/mol. The molecule has 1 saturated heterocycles. The molecule has 0 aliphatic carbocycles. The summed E-state index contributed by atoms with van der Waals surface area (Å²) in [5.41, 5.74) is 1.90. The molecule has 16 nitrogen and oxygen atoms in total. The fraction of sp³-hybridized carbons (Fsp3) is 0.355. The number of nitrogens with zero attached hydrogens (tertiary/aromatic N) is 5. The number of hydrogen-bond acceptors (Lipinski definition) is 15. The van der Waals surface area contributed by atoms with Crippen LogP contribution in [0.5, 0.6) is 5.75 Å². The summed E-state index contributed by atoms with van der Waals surface area (Å²) < 4.78 is 40.1. The van der Waals surface area contributed by atoms with Gasteiger partial charge in [-0.05, 0) is 24.3 Å². The van der Waals surface area contributed by atoms with Gasteiger partial charge in [-0.25, -0.2) is 4.68 Å². The van der Waals surface area contributed by atoms with Gasteiger partial charge >= 0.3 is 23.9 Å². The van der Waals surface area contributed by atoms with E-state index in [9.17, 15) is 19.2 Å². The Kier molecular flexibility index (Phi) is 10.2. The average Bonchev–Trinajstić information content (AvgIpc) is 3.72. The summed E-state index contributed by atoms with van der Waals surface area (Å²) in [7, 11) is 0.